The van der Waals surface area contributed by atoms with Gasteiger partial charge in [0, 0.05) is 12.0 Å². The molecule has 0 fully saturated rings. The molecule has 4 heteroatoms. The summed E-state index contributed by atoms with van der Waals surface area (Å²) in [5, 5.41) is 4.11. The highest BCUT2D eigenvalue weighted by Gasteiger charge is 2.10. The van der Waals surface area contributed by atoms with E-state index in [0.29, 0.717) is 0 Å². The van der Waals surface area contributed by atoms with Gasteiger partial charge in [-0.2, -0.15) is 0 Å². The summed E-state index contributed by atoms with van der Waals surface area (Å²) in [7, 11) is 0. The number of hydrogen-bond acceptors (Lipinski definition) is 3. The molecule has 1 heterocycles. The molecule has 1 aromatic heterocycles. The van der Waals surface area contributed by atoms with Crippen molar-refractivity contribution in [1.82, 2.24) is 10.3 Å². The number of hydrogen-bond donors (Lipinski definition) is 1. The molecule has 0 aliphatic carbocycles. The number of oxazole rings is 1. The highest BCUT2D eigenvalue weighted by molar-refractivity contribution is 6.33. The fourth-order valence-corrected chi connectivity index (χ4v) is 2.27. The molecule has 2 aromatic rings. The minimum atomic E-state index is 0.736. The Bertz CT molecular complexity index is 551. The molecule has 0 aliphatic heterocycles. The first-order valence-electron chi connectivity index (χ1n) is 7.13. The average molecular weight is 293 g/mol. The number of aromatic nitrogens is 1. The van der Waals surface area contributed by atoms with Crippen molar-refractivity contribution in [3.63, 3.8) is 0 Å². The maximum Gasteiger partial charge on any atom is 0.194 e. The summed E-state index contributed by atoms with van der Waals surface area (Å²) in [6, 6.07) is 5.93. The van der Waals surface area contributed by atoms with Crippen molar-refractivity contribution < 1.29 is 4.42 Å². The van der Waals surface area contributed by atoms with Crippen molar-refractivity contribution in [3.05, 3.63) is 40.9 Å². The summed E-state index contributed by atoms with van der Waals surface area (Å²) in [4.78, 5) is 4.33. The van der Waals surface area contributed by atoms with Gasteiger partial charge in [-0.3, -0.25) is 0 Å². The van der Waals surface area contributed by atoms with Gasteiger partial charge in [0.15, 0.2) is 11.7 Å². The van der Waals surface area contributed by atoms with Gasteiger partial charge in [0.25, 0.3) is 0 Å². The monoisotopic (exact) mass is 292 g/mol. The lowest BCUT2D eigenvalue weighted by Gasteiger charge is -2.03. The molecule has 0 atom stereocenters. The van der Waals surface area contributed by atoms with E-state index in [-0.39, 0.29) is 0 Å². The Kier molecular flexibility index (Phi) is 5.62. The number of benzene rings is 1. The van der Waals surface area contributed by atoms with Crippen LogP contribution >= 0.6 is 11.6 Å². The number of aryl methyl sites for hydroxylation is 2. The van der Waals surface area contributed by atoms with Gasteiger partial charge in [-0.05, 0) is 44.5 Å². The summed E-state index contributed by atoms with van der Waals surface area (Å²) in [6.45, 7) is 6.22. The van der Waals surface area contributed by atoms with Crippen molar-refractivity contribution in [2.24, 2.45) is 0 Å². The Morgan fingerprint density at radius 1 is 1.30 bits per heavy atom. The standard InChI is InChI=1S/C16H21ClN2O/c1-3-9-18-10-5-8-15-19-11-14(20-15)13-7-4-6-12(2)16(13)17/h4,6-7,11,18H,3,5,8-10H2,1-2H3. The second-order valence-corrected chi connectivity index (χ2v) is 5.29. The van der Waals surface area contributed by atoms with Crippen LogP contribution in [0.5, 0.6) is 0 Å². The Morgan fingerprint density at radius 3 is 2.95 bits per heavy atom. The first-order valence-corrected chi connectivity index (χ1v) is 7.51. The van der Waals surface area contributed by atoms with Gasteiger partial charge < -0.3 is 9.73 Å². The lowest BCUT2D eigenvalue weighted by molar-refractivity contribution is 0.491. The van der Waals surface area contributed by atoms with Crippen molar-refractivity contribution in [2.45, 2.75) is 33.1 Å². The van der Waals surface area contributed by atoms with Crippen molar-refractivity contribution in [1.29, 1.82) is 0 Å². The van der Waals surface area contributed by atoms with Crippen molar-refractivity contribution in [3.8, 4) is 11.3 Å². The zero-order valence-corrected chi connectivity index (χ0v) is 12.8. The van der Waals surface area contributed by atoms with E-state index in [2.05, 4.69) is 17.2 Å². The van der Waals surface area contributed by atoms with Gasteiger partial charge in [0.1, 0.15) is 0 Å². The molecule has 1 aromatic carbocycles. The highest BCUT2D eigenvalue weighted by Crippen LogP contribution is 2.30. The summed E-state index contributed by atoms with van der Waals surface area (Å²) in [5.41, 5.74) is 1.96. The van der Waals surface area contributed by atoms with Gasteiger partial charge in [-0.15, -0.1) is 0 Å². The van der Waals surface area contributed by atoms with Crippen LogP contribution in [0.3, 0.4) is 0 Å². The molecule has 0 amide bonds. The SMILES string of the molecule is CCCNCCCc1ncc(-c2cccc(C)c2Cl)o1. The third kappa shape index (κ3) is 3.84. The molecule has 0 bridgehead atoms. The Hall–Kier alpha value is -1.32. The lowest BCUT2D eigenvalue weighted by Crippen LogP contribution is -2.16. The fourth-order valence-electron chi connectivity index (χ4n) is 2.05. The second-order valence-electron chi connectivity index (χ2n) is 4.91. The molecule has 0 spiro atoms. The van der Waals surface area contributed by atoms with Crippen molar-refractivity contribution >= 4 is 11.6 Å². The molecule has 1 N–H and O–H groups in total. The summed E-state index contributed by atoms with van der Waals surface area (Å²) < 4.78 is 5.79. The quantitative estimate of drug-likeness (QED) is 0.776. The third-order valence-electron chi connectivity index (χ3n) is 3.18. The summed E-state index contributed by atoms with van der Waals surface area (Å²) in [6.07, 6.45) is 4.80. The highest BCUT2D eigenvalue weighted by atomic mass is 35.5. The maximum absolute atomic E-state index is 6.30. The van der Waals surface area contributed by atoms with E-state index in [9.17, 15) is 0 Å². The third-order valence-corrected chi connectivity index (χ3v) is 3.68. The van der Waals surface area contributed by atoms with Crippen LogP contribution in [-0.2, 0) is 6.42 Å². The van der Waals surface area contributed by atoms with E-state index in [1.54, 1.807) is 6.20 Å². The smallest absolute Gasteiger partial charge is 0.194 e. The molecule has 0 saturated carbocycles. The van der Waals surface area contributed by atoms with Crippen LogP contribution in [-0.4, -0.2) is 18.1 Å². The molecule has 0 aliphatic rings. The Balaban J connectivity index is 1.97. The van der Waals surface area contributed by atoms with Crippen LogP contribution in [0.2, 0.25) is 5.02 Å². The van der Waals surface area contributed by atoms with E-state index in [0.717, 1.165) is 60.2 Å². The fraction of sp³-hybridized carbons (Fsp3) is 0.438. The van der Waals surface area contributed by atoms with Crippen LogP contribution in [0.25, 0.3) is 11.3 Å². The van der Waals surface area contributed by atoms with Crippen LogP contribution in [0.15, 0.2) is 28.8 Å². The molecular weight excluding hydrogens is 272 g/mol. The van der Waals surface area contributed by atoms with Crippen molar-refractivity contribution in [2.75, 3.05) is 13.1 Å². The van der Waals surface area contributed by atoms with Gasteiger partial charge in [-0.1, -0.05) is 30.7 Å². The second kappa shape index (κ2) is 7.46. The molecule has 0 unspecified atom stereocenters. The van der Waals surface area contributed by atoms with E-state index in [1.165, 1.54) is 0 Å². The lowest BCUT2D eigenvalue weighted by atomic mass is 10.1. The number of rotatable bonds is 7. The predicted octanol–water partition coefficient (Wildman–Crippen LogP) is 4.24. The van der Waals surface area contributed by atoms with Gasteiger partial charge in [-0.25, -0.2) is 4.98 Å². The molecule has 20 heavy (non-hydrogen) atoms. The minimum absolute atomic E-state index is 0.736. The maximum atomic E-state index is 6.30. The molecule has 108 valence electrons. The summed E-state index contributed by atoms with van der Waals surface area (Å²) >= 11 is 6.30. The van der Waals surface area contributed by atoms with Crippen LogP contribution in [0.4, 0.5) is 0 Å². The Labute approximate surface area is 125 Å². The number of nitrogens with one attached hydrogen (secondary N) is 1. The van der Waals surface area contributed by atoms with Gasteiger partial charge in [0.2, 0.25) is 0 Å². The minimum Gasteiger partial charge on any atom is -0.441 e. The molecule has 0 radical (unpaired) electrons. The largest absolute Gasteiger partial charge is 0.441 e. The van der Waals surface area contributed by atoms with Gasteiger partial charge in [0.05, 0.1) is 11.2 Å². The molecular formula is C16H21ClN2O. The van der Waals surface area contributed by atoms with E-state index < -0.39 is 0 Å². The van der Waals surface area contributed by atoms with Gasteiger partial charge >= 0.3 is 0 Å². The number of nitrogens with zero attached hydrogens (tertiary/aromatic N) is 1. The van der Waals surface area contributed by atoms with E-state index in [4.69, 9.17) is 16.0 Å². The number of halogens is 1. The average Bonchev–Trinajstić information content (AvgIpc) is 2.90. The predicted molar refractivity (Wildman–Crippen MR) is 83.2 cm³/mol. The van der Waals surface area contributed by atoms with Crippen LogP contribution < -0.4 is 5.32 Å². The van der Waals surface area contributed by atoms with E-state index in [1.807, 2.05) is 25.1 Å². The van der Waals surface area contributed by atoms with Crippen LogP contribution in [0, 0.1) is 6.92 Å². The zero-order valence-electron chi connectivity index (χ0n) is 12.1. The Morgan fingerprint density at radius 2 is 2.15 bits per heavy atom. The molecule has 2 rings (SSSR count). The van der Waals surface area contributed by atoms with E-state index >= 15 is 0 Å². The zero-order chi connectivity index (χ0) is 14.4. The molecule has 3 nitrogen and oxygen atoms in total. The van der Waals surface area contributed by atoms with Crippen LogP contribution in [0.1, 0.15) is 31.2 Å². The first kappa shape index (κ1) is 15.1. The normalized spacial score (nSPS) is 10.9. The summed E-state index contributed by atoms with van der Waals surface area (Å²) in [5.74, 6) is 1.52. The topological polar surface area (TPSA) is 38.1 Å². The molecule has 0 saturated heterocycles. The first-order chi connectivity index (χ1) is 9.72.